The van der Waals surface area contributed by atoms with Crippen molar-refractivity contribution in [1.29, 1.82) is 5.26 Å². The zero-order chi connectivity index (χ0) is 14.7. The third kappa shape index (κ3) is 2.75. The van der Waals surface area contributed by atoms with E-state index in [1.54, 1.807) is 12.1 Å². The van der Waals surface area contributed by atoms with Crippen LogP contribution in [0, 0.1) is 11.3 Å². The summed E-state index contributed by atoms with van der Waals surface area (Å²) < 4.78 is 5.67. The van der Waals surface area contributed by atoms with Crippen molar-refractivity contribution in [3.8, 4) is 6.07 Å². The minimum Gasteiger partial charge on any atom is -0.449 e. The quantitative estimate of drug-likeness (QED) is 0.638. The smallest absolute Gasteiger partial charge is 0.193 e. The van der Waals surface area contributed by atoms with Gasteiger partial charge in [0.1, 0.15) is 5.58 Å². The van der Waals surface area contributed by atoms with E-state index in [4.69, 9.17) is 9.68 Å². The molecule has 0 amide bonds. The molecule has 1 aromatic carbocycles. The molecule has 20 heavy (non-hydrogen) atoms. The van der Waals surface area contributed by atoms with E-state index in [2.05, 4.69) is 0 Å². The van der Waals surface area contributed by atoms with Crippen LogP contribution in [-0.2, 0) is 6.42 Å². The van der Waals surface area contributed by atoms with Gasteiger partial charge in [-0.3, -0.25) is 9.59 Å². The highest BCUT2D eigenvalue weighted by Gasteiger charge is 2.14. The first-order valence-electron chi connectivity index (χ1n) is 6.18. The average Bonchev–Trinajstić information content (AvgIpc) is 2.39. The minimum atomic E-state index is -0.190. The highest BCUT2D eigenvalue weighted by Crippen LogP contribution is 2.25. The molecule has 0 saturated heterocycles. The molecule has 0 fully saturated rings. The van der Waals surface area contributed by atoms with Gasteiger partial charge < -0.3 is 4.42 Å². The van der Waals surface area contributed by atoms with Crippen molar-refractivity contribution in [3.05, 3.63) is 39.5 Å². The molecule has 0 atom stereocenters. The van der Waals surface area contributed by atoms with Gasteiger partial charge in [0.15, 0.2) is 16.3 Å². The number of thioether (sulfide) groups is 1. The maximum atomic E-state index is 12.1. The van der Waals surface area contributed by atoms with E-state index in [-0.39, 0.29) is 17.6 Å². The van der Waals surface area contributed by atoms with Crippen LogP contribution in [0.2, 0.25) is 0 Å². The summed E-state index contributed by atoms with van der Waals surface area (Å²) in [5, 5.41) is 9.62. The summed E-state index contributed by atoms with van der Waals surface area (Å²) in [6.07, 6.45) is 0.154. The molecule has 2 rings (SSSR count). The van der Waals surface area contributed by atoms with Gasteiger partial charge in [-0.15, -0.1) is 0 Å². The lowest BCUT2D eigenvalue weighted by Gasteiger charge is -2.07. The number of Topliss-reactive ketones (excluding diaryl/α,β-unsaturated/α-hetero) is 1. The Labute approximate surface area is 120 Å². The Balaban J connectivity index is 2.80. The number of nitrogens with zero attached hydrogens (tertiary/aromatic N) is 1. The van der Waals surface area contributed by atoms with Crippen molar-refractivity contribution < 1.29 is 9.21 Å². The number of carbonyl (C=O) groups excluding carboxylic acids is 1. The van der Waals surface area contributed by atoms with Gasteiger partial charge in [0.25, 0.3) is 0 Å². The first kappa shape index (κ1) is 14.4. The number of ketones is 1. The Bertz CT molecular complexity index is 771. The van der Waals surface area contributed by atoms with Crippen LogP contribution in [0.25, 0.3) is 11.0 Å². The van der Waals surface area contributed by atoms with Gasteiger partial charge >= 0.3 is 0 Å². The molecule has 0 aliphatic heterocycles. The van der Waals surface area contributed by atoms with E-state index in [1.165, 1.54) is 24.8 Å². The maximum Gasteiger partial charge on any atom is 0.193 e. The largest absolute Gasteiger partial charge is 0.449 e. The molecule has 0 radical (unpaired) electrons. The van der Waals surface area contributed by atoms with E-state index in [0.29, 0.717) is 27.2 Å². The van der Waals surface area contributed by atoms with E-state index >= 15 is 0 Å². The van der Waals surface area contributed by atoms with E-state index in [0.717, 1.165) is 5.75 Å². The summed E-state index contributed by atoms with van der Waals surface area (Å²) in [6, 6.07) is 6.69. The Hall–Kier alpha value is -2.06. The summed E-state index contributed by atoms with van der Waals surface area (Å²) in [5.74, 6) is 0.590. The Kier molecular flexibility index (Phi) is 4.26. The van der Waals surface area contributed by atoms with Gasteiger partial charge in [-0.2, -0.15) is 5.26 Å². The summed E-state index contributed by atoms with van der Waals surface area (Å²) in [4.78, 5) is 23.9. The molecule has 1 aromatic heterocycles. The lowest BCUT2D eigenvalue weighted by molar-refractivity contribution is 0.101. The second-order valence-electron chi connectivity index (χ2n) is 4.27. The molecule has 0 N–H and O–H groups in total. The zero-order valence-corrected chi connectivity index (χ0v) is 12.0. The predicted molar refractivity (Wildman–Crippen MR) is 78.2 cm³/mol. The number of hydrogen-bond acceptors (Lipinski definition) is 5. The molecule has 0 saturated carbocycles. The first-order chi connectivity index (χ1) is 9.56. The molecule has 0 bridgehead atoms. The van der Waals surface area contributed by atoms with Crippen molar-refractivity contribution in [2.24, 2.45) is 0 Å². The fourth-order valence-electron chi connectivity index (χ4n) is 1.96. The third-order valence-corrected chi connectivity index (χ3v) is 3.59. The van der Waals surface area contributed by atoms with Crippen molar-refractivity contribution in [2.45, 2.75) is 25.4 Å². The number of benzene rings is 1. The number of carbonyl (C=O) groups is 1. The molecular weight excluding hydrogens is 274 g/mol. The highest BCUT2D eigenvalue weighted by molar-refractivity contribution is 7.99. The number of nitriles is 1. The molecule has 4 nitrogen and oxygen atoms in total. The Morgan fingerprint density at radius 2 is 2.15 bits per heavy atom. The maximum absolute atomic E-state index is 12.1. The molecule has 0 spiro atoms. The Morgan fingerprint density at radius 1 is 1.40 bits per heavy atom. The molecule has 0 aliphatic carbocycles. The van der Waals surface area contributed by atoms with Gasteiger partial charge in [-0.1, -0.05) is 18.7 Å². The van der Waals surface area contributed by atoms with Crippen LogP contribution in [0.5, 0.6) is 0 Å². The standard InChI is InChI=1S/C15H13NO3S/c1-3-20-14-8-13(18)12-7-10(4-5-16)6-11(9(2)17)15(12)19-14/h6-8H,3-4H2,1-2H3. The summed E-state index contributed by atoms with van der Waals surface area (Å²) in [7, 11) is 0. The van der Waals surface area contributed by atoms with Crippen molar-refractivity contribution in [2.75, 3.05) is 5.75 Å². The summed E-state index contributed by atoms with van der Waals surface area (Å²) >= 11 is 1.41. The summed E-state index contributed by atoms with van der Waals surface area (Å²) in [5.41, 5.74) is 1.11. The second-order valence-corrected chi connectivity index (χ2v) is 5.54. The molecule has 1 heterocycles. The van der Waals surface area contributed by atoms with Crippen LogP contribution < -0.4 is 5.43 Å². The molecular formula is C15H13NO3S. The highest BCUT2D eigenvalue weighted by atomic mass is 32.2. The number of fused-ring (bicyclic) bond motifs is 1. The normalized spacial score (nSPS) is 10.4. The van der Waals surface area contributed by atoms with Crippen LogP contribution in [-0.4, -0.2) is 11.5 Å². The van der Waals surface area contributed by atoms with Gasteiger partial charge in [-0.25, -0.2) is 0 Å². The monoisotopic (exact) mass is 287 g/mol. The Morgan fingerprint density at radius 3 is 2.75 bits per heavy atom. The van der Waals surface area contributed by atoms with Crippen LogP contribution in [0.4, 0.5) is 0 Å². The lowest BCUT2D eigenvalue weighted by Crippen LogP contribution is -2.05. The molecule has 5 heteroatoms. The van der Waals surface area contributed by atoms with Crippen molar-refractivity contribution in [1.82, 2.24) is 0 Å². The van der Waals surface area contributed by atoms with Gasteiger partial charge in [-0.05, 0) is 30.4 Å². The van der Waals surface area contributed by atoms with E-state index < -0.39 is 0 Å². The fraction of sp³-hybridized carbons (Fsp3) is 0.267. The van der Waals surface area contributed by atoms with Crippen LogP contribution in [0.15, 0.2) is 32.5 Å². The molecule has 2 aromatic rings. The third-order valence-electron chi connectivity index (χ3n) is 2.81. The summed E-state index contributed by atoms with van der Waals surface area (Å²) in [6.45, 7) is 3.38. The number of rotatable bonds is 4. The first-order valence-corrected chi connectivity index (χ1v) is 7.16. The van der Waals surface area contributed by atoms with E-state index in [1.807, 2.05) is 13.0 Å². The minimum absolute atomic E-state index is 0.154. The lowest BCUT2D eigenvalue weighted by atomic mass is 10.0. The second kappa shape index (κ2) is 5.93. The van der Waals surface area contributed by atoms with Crippen LogP contribution >= 0.6 is 11.8 Å². The van der Waals surface area contributed by atoms with Gasteiger partial charge in [0.05, 0.1) is 23.4 Å². The van der Waals surface area contributed by atoms with Gasteiger partial charge in [0, 0.05) is 6.07 Å². The SMILES string of the molecule is CCSc1cc(=O)c2cc(CC#N)cc(C(C)=O)c2o1. The molecule has 0 unspecified atom stereocenters. The number of hydrogen-bond donors (Lipinski definition) is 0. The van der Waals surface area contributed by atoms with Crippen molar-refractivity contribution in [3.63, 3.8) is 0 Å². The van der Waals surface area contributed by atoms with Crippen molar-refractivity contribution >= 4 is 28.5 Å². The van der Waals surface area contributed by atoms with E-state index in [9.17, 15) is 9.59 Å². The molecule has 0 aliphatic rings. The van der Waals surface area contributed by atoms with Gasteiger partial charge in [0.2, 0.25) is 0 Å². The zero-order valence-electron chi connectivity index (χ0n) is 11.2. The van der Waals surface area contributed by atoms with Crippen LogP contribution in [0.1, 0.15) is 29.8 Å². The molecule has 102 valence electrons. The predicted octanol–water partition coefficient (Wildman–Crippen LogP) is 3.17. The fourth-order valence-corrected chi connectivity index (χ4v) is 2.58. The topological polar surface area (TPSA) is 71.1 Å². The van der Waals surface area contributed by atoms with Crippen LogP contribution in [0.3, 0.4) is 0 Å². The average molecular weight is 287 g/mol.